The summed E-state index contributed by atoms with van der Waals surface area (Å²) < 4.78 is 6.19. The second kappa shape index (κ2) is 7.13. The summed E-state index contributed by atoms with van der Waals surface area (Å²) in [5.74, 6) is 0.726. The summed E-state index contributed by atoms with van der Waals surface area (Å²) in [6.07, 6.45) is 0. The normalized spacial score (nSPS) is 10.0. The molecule has 0 aromatic heterocycles. The number of amides is 1. The van der Waals surface area contributed by atoms with E-state index in [0.717, 1.165) is 27.2 Å². The van der Waals surface area contributed by atoms with Crippen LogP contribution in [0.1, 0.15) is 12.5 Å². The van der Waals surface area contributed by atoms with Crippen molar-refractivity contribution >= 4 is 33.2 Å². The number of anilines is 2. The Bertz CT molecular complexity index is 627. The van der Waals surface area contributed by atoms with E-state index in [2.05, 4.69) is 26.6 Å². The molecule has 2 rings (SSSR count). The van der Waals surface area contributed by atoms with Crippen LogP contribution in [0.4, 0.5) is 11.4 Å². The van der Waals surface area contributed by atoms with Crippen molar-refractivity contribution in [3.63, 3.8) is 0 Å². The molecule has 0 aliphatic heterocycles. The molecular formula is C16H17BrN2O2. The number of rotatable bonds is 5. The molecule has 0 atom stereocenters. The zero-order valence-corrected chi connectivity index (χ0v) is 13.5. The quantitative estimate of drug-likeness (QED) is 0.857. The predicted molar refractivity (Wildman–Crippen MR) is 88.8 cm³/mol. The van der Waals surface area contributed by atoms with Crippen LogP contribution in [0.25, 0.3) is 0 Å². The minimum Gasteiger partial charge on any atom is -0.495 e. The lowest BCUT2D eigenvalue weighted by atomic mass is 10.2. The van der Waals surface area contributed by atoms with Crippen LogP contribution >= 0.6 is 15.9 Å². The van der Waals surface area contributed by atoms with Gasteiger partial charge in [0.05, 0.1) is 11.6 Å². The van der Waals surface area contributed by atoms with Crippen LogP contribution < -0.4 is 15.4 Å². The van der Waals surface area contributed by atoms with Gasteiger partial charge in [-0.05, 0) is 45.8 Å². The molecule has 0 saturated carbocycles. The Morgan fingerprint density at radius 1 is 1.14 bits per heavy atom. The molecule has 0 spiro atoms. The molecule has 0 bridgehead atoms. The maximum absolute atomic E-state index is 11.0. The van der Waals surface area contributed by atoms with Gasteiger partial charge in [-0.15, -0.1) is 0 Å². The van der Waals surface area contributed by atoms with E-state index in [1.54, 1.807) is 7.11 Å². The number of carbonyl (C=O) groups excluding carboxylic acids is 1. The summed E-state index contributed by atoms with van der Waals surface area (Å²) in [7, 11) is 1.64. The van der Waals surface area contributed by atoms with E-state index in [1.807, 2.05) is 42.5 Å². The van der Waals surface area contributed by atoms with Gasteiger partial charge >= 0.3 is 0 Å². The minimum atomic E-state index is -0.0668. The lowest BCUT2D eigenvalue weighted by molar-refractivity contribution is -0.114. The van der Waals surface area contributed by atoms with Crippen LogP contribution in [0.5, 0.6) is 5.75 Å². The van der Waals surface area contributed by atoms with Gasteiger partial charge < -0.3 is 15.4 Å². The van der Waals surface area contributed by atoms with E-state index < -0.39 is 0 Å². The van der Waals surface area contributed by atoms with E-state index in [-0.39, 0.29) is 5.91 Å². The summed E-state index contributed by atoms with van der Waals surface area (Å²) in [5, 5.41) is 6.08. The van der Waals surface area contributed by atoms with Crippen molar-refractivity contribution in [2.45, 2.75) is 13.5 Å². The van der Waals surface area contributed by atoms with Crippen LogP contribution in [-0.4, -0.2) is 13.0 Å². The van der Waals surface area contributed by atoms with Crippen molar-refractivity contribution in [1.82, 2.24) is 0 Å². The largest absolute Gasteiger partial charge is 0.495 e. The molecule has 0 aliphatic carbocycles. The first-order chi connectivity index (χ1) is 10.1. The van der Waals surface area contributed by atoms with Crippen LogP contribution in [0.15, 0.2) is 46.9 Å². The third-order valence-electron chi connectivity index (χ3n) is 2.92. The Balaban J connectivity index is 1.98. The van der Waals surface area contributed by atoms with Gasteiger partial charge in [-0.3, -0.25) is 4.79 Å². The molecule has 2 aromatic carbocycles. The van der Waals surface area contributed by atoms with E-state index in [4.69, 9.17) is 4.74 Å². The van der Waals surface area contributed by atoms with Gasteiger partial charge in [-0.25, -0.2) is 0 Å². The van der Waals surface area contributed by atoms with E-state index in [0.29, 0.717) is 6.54 Å². The molecule has 21 heavy (non-hydrogen) atoms. The molecule has 110 valence electrons. The van der Waals surface area contributed by atoms with Gasteiger partial charge in [-0.2, -0.15) is 0 Å². The van der Waals surface area contributed by atoms with Gasteiger partial charge in [0.25, 0.3) is 0 Å². The van der Waals surface area contributed by atoms with Crippen molar-refractivity contribution in [3.05, 3.63) is 52.5 Å². The maximum atomic E-state index is 11.0. The number of hydrogen-bond acceptors (Lipinski definition) is 3. The van der Waals surface area contributed by atoms with Gasteiger partial charge in [0, 0.05) is 30.9 Å². The number of hydrogen-bond donors (Lipinski definition) is 2. The standard InChI is InChI=1S/C16H17BrN2O2/c1-11(20)19-13-5-3-12(4-6-13)10-18-14-7-8-15(17)16(9-14)21-2/h3-9,18H,10H2,1-2H3,(H,19,20). The fraction of sp³-hybridized carbons (Fsp3) is 0.188. The molecule has 2 aromatic rings. The SMILES string of the molecule is COc1cc(NCc2ccc(NC(C)=O)cc2)ccc1Br. The van der Waals surface area contributed by atoms with Crippen LogP contribution in [0.2, 0.25) is 0 Å². The Morgan fingerprint density at radius 2 is 1.81 bits per heavy atom. The van der Waals surface area contributed by atoms with Crippen LogP contribution in [0.3, 0.4) is 0 Å². The highest BCUT2D eigenvalue weighted by Gasteiger charge is 2.02. The summed E-state index contributed by atoms with van der Waals surface area (Å²) in [6, 6.07) is 13.6. The van der Waals surface area contributed by atoms with Crippen molar-refractivity contribution < 1.29 is 9.53 Å². The molecule has 0 heterocycles. The smallest absolute Gasteiger partial charge is 0.221 e. The zero-order valence-electron chi connectivity index (χ0n) is 11.9. The highest BCUT2D eigenvalue weighted by Crippen LogP contribution is 2.28. The second-order valence-electron chi connectivity index (χ2n) is 4.58. The van der Waals surface area contributed by atoms with Crippen molar-refractivity contribution in [3.8, 4) is 5.75 Å². The number of halogens is 1. The molecule has 4 nitrogen and oxygen atoms in total. The number of methoxy groups -OCH3 is 1. The second-order valence-corrected chi connectivity index (χ2v) is 5.44. The first kappa shape index (κ1) is 15.4. The van der Waals surface area contributed by atoms with Gasteiger partial charge in [0.15, 0.2) is 0 Å². The van der Waals surface area contributed by atoms with Gasteiger partial charge in [-0.1, -0.05) is 12.1 Å². The molecule has 0 fully saturated rings. The Kier molecular flexibility index (Phi) is 5.22. The molecule has 0 unspecified atom stereocenters. The first-order valence-corrected chi connectivity index (χ1v) is 7.31. The maximum Gasteiger partial charge on any atom is 0.221 e. The summed E-state index contributed by atoms with van der Waals surface area (Å²) >= 11 is 3.43. The van der Waals surface area contributed by atoms with Crippen molar-refractivity contribution in [2.75, 3.05) is 17.7 Å². The Morgan fingerprint density at radius 3 is 2.43 bits per heavy atom. The van der Waals surface area contributed by atoms with E-state index in [9.17, 15) is 4.79 Å². The number of ether oxygens (including phenoxy) is 1. The monoisotopic (exact) mass is 348 g/mol. The van der Waals surface area contributed by atoms with Gasteiger partial charge in [0.1, 0.15) is 5.75 Å². The van der Waals surface area contributed by atoms with Crippen molar-refractivity contribution in [1.29, 1.82) is 0 Å². The van der Waals surface area contributed by atoms with E-state index in [1.165, 1.54) is 6.92 Å². The zero-order chi connectivity index (χ0) is 15.2. The number of benzene rings is 2. The molecular weight excluding hydrogens is 332 g/mol. The lowest BCUT2D eigenvalue weighted by Crippen LogP contribution is -2.06. The highest BCUT2D eigenvalue weighted by atomic mass is 79.9. The topological polar surface area (TPSA) is 50.4 Å². The van der Waals surface area contributed by atoms with Gasteiger partial charge in [0.2, 0.25) is 5.91 Å². The number of carbonyl (C=O) groups is 1. The molecule has 0 radical (unpaired) electrons. The van der Waals surface area contributed by atoms with Crippen LogP contribution in [0, 0.1) is 0 Å². The third-order valence-corrected chi connectivity index (χ3v) is 3.58. The Hall–Kier alpha value is -2.01. The lowest BCUT2D eigenvalue weighted by Gasteiger charge is -2.10. The molecule has 2 N–H and O–H groups in total. The Labute approximate surface area is 132 Å². The minimum absolute atomic E-state index is 0.0668. The molecule has 1 amide bonds. The highest BCUT2D eigenvalue weighted by molar-refractivity contribution is 9.10. The number of nitrogens with one attached hydrogen (secondary N) is 2. The summed E-state index contributed by atoms with van der Waals surface area (Å²) in [4.78, 5) is 11.0. The average molecular weight is 349 g/mol. The third kappa shape index (κ3) is 4.49. The predicted octanol–water partition coefficient (Wildman–Crippen LogP) is 4.03. The van der Waals surface area contributed by atoms with Crippen LogP contribution in [-0.2, 0) is 11.3 Å². The van der Waals surface area contributed by atoms with E-state index >= 15 is 0 Å². The fourth-order valence-electron chi connectivity index (χ4n) is 1.88. The summed E-state index contributed by atoms with van der Waals surface area (Å²) in [6.45, 7) is 2.20. The fourth-order valence-corrected chi connectivity index (χ4v) is 2.29. The molecule has 0 saturated heterocycles. The molecule has 0 aliphatic rings. The average Bonchev–Trinajstić information content (AvgIpc) is 2.47. The van der Waals surface area contributed by atoms with Crippen molar-refractivity contribution in [2.24, 2.45) is 0 Å². The summed E-state index contributed by atoms with van der Waals surface area (Å²) in [5.41, 5.74) is 2.92. The molecule has 5 heteroatoms. The first-order valence-electron chi connectivity index (χ1n) is 6.52.